The van der Waals surface area contributed by atoms with Gasteiger partial charge in [-0.2, -0.15) is 0 Å². The van der Waals surface area contributed by atoms with Crippen molar-refractivity contribution in [3.8, 4) is 0 Å². The molecule has 1 N–H and O–H groups in total. The molecule has 1 heteroatoms. The molecule has 6 atom stereocenters. The highest BCUT2D eigenvalue weighted by Crippen LogP contribution is 2.59. The SMILES string of the molecule is C1CCC2NC(C3[C]4CC5CC(C4)CC3C5)CCC2C1. The molecular weight excluding hydrogens is 242 g/mol. The van der Waals surface area contributed by atoms with Gasteiger partial charge in [0.15, 0.2) is 0 Å². The highest BCUT2D eigenvalue weighted by Gasteiger charge is 2.51. The first kappa shape index (κ1) is 12.5. The number of piperidine rings is 1. The molecule has 1 saturated heterocycles. The number of hydrogen-bond acceptors (Lipinski definition) is 1. The molecule has 0 aromatic carbocycles. The molecule has 0 aromatic rings. The van der Waals surface area contributed by atoms with Crippen molar-refractivity contribution < 1.29 is 0 Å². The van der Waals surface area contributed by atoms with Crippen LogP contribution in [0.2, 0.25) is 0 Å². The van der Waals surface area contributed by atoms with Crippen LogP contribution in [0.25, 0.3) is 0 Å². The van der Waals surface area contributed by atoms with Crippen LogP contribution in [-0.4, -0.2) is 12.1 Å². The van der Waals surface area contributed by atoms with Gasteiger partial charge in [0.25, 0.3) is 0 Å². The van der Waals surface area contributed by atoms with E-state index in [4.69, 9.17) is 0 Å². The van der Waals surface area contributed by atoms with Crippen LogP contribution in [0, 0.1) is 35.5 Å². The van der Waals surface area contributed by atoms with E-state index in [0.29, 0.717) is 0 Å². The molecule has 6 unspecified atom stereocenters. The molecule has 5 aliphatic carbocycles. The van der Waals surface area contributed by atoms with E-state index in [1.807, 2.05) is 5.92 Å². The quantitative estimate of drug-likeness (QED) is 0.749. The van der Waals surface area contributed by atoms with E-state index in [2.05, 4.69) is 5.32 Å². The van der Waals surface area contributed by atoms with Crippen molar-refractivity contribution in [2.75, 3.05) is 0 Å². The average Bonchev–Trinajstić information content (AvgIpc) is 2.46. The van der Waals surface area contributed by atoms with Crippen LogP contribution in [0.1, 0.15) is 70.6 Å². The van der Waals surface area contributed by atoms with Crippen LogP contribution in [0.3, 0.4) is 0 Å². The normalized spacial score (nSPS) is 54.9. The molecule has 1 nitrogen and oxygen atoms in total. The van der Waals surface area contributed by atoms with Crippen LogP contribution in [-0.2, 0) is 0 Å². The number of nitrogens with one attached hydrogen (secondary N) is 1. The Labute approximate surface area is 124 Å². The third-order valence-electron chi connectivity index (χ3n) is 7.64. The van der Waals surface area contributed by atoms with Crippen LogP contribution < -0.4 is 5.32 Å². The summed E-state index contributed by atoms with van der Waals surface area (Å²) < 4.78 is 0. The van der Waals surface area contributed by atoms with E-state index >= 15 is 0 Å². The zero-order valence-electron chi connectivity index (χ0n) is 12.8. The summed E-state index contributed by atoms with van der Waals surface area (Å²) in [5.74, 6) is 7.32. The molecule has 0 spiro atoms. The Morgan fingerprint density at radius 2 is 1.50 bits per heavy atom. The van der Waals surface area contributed by atoms with Crippen molar-refractivity contribution >= 4 is 0 Å². The van der Waals surface area contributed by atoms with Gasteiger partial charge >= 0.3 is 0 Å². The van der Waals surface area contributed by atoms with E-state index in [-0.39, 0.29) is 0 Å². The maximum atomic E-state index is 4.16. The molecule has 1 heterocycles. The lowest BCUT2D eigenvalue weighted by Crippen LogP contribution is -2.57. The summed E-state index contributed by atoms with van der Waals surface area (Å²) in [6.45, 7) is 0. The van der Waals surface area contributed by atoms with Gasteiger partial charge < -0.3 is 5.32 Å². The molecule has 111 valence electrons. The van der Waals surface area contributed by atoms with Gasteiger partial charge in [0.05, 0.1) is 0 Å². The maximum Gasteiger partial charge on any atom is 0.0106 e. The average molecular weight is 272 g/mol. The lowest BCUT2D eigenvalue weighted by atomic mass is 9.50. The molecule has 20 heavy (non-hydrogen) atoms. The molecule has 0 aromatic heterocycles. The first-order valence-electron chi connectivity index (χ1n) is 9.47. The topological polar surface area (TPSA) is 12.0 Å². The molecule has 4 bridgehead atoms. The summed E-state index contributed by atoms with van der Waals surface area (Å²) in [4.78, 5) is 0. The molecule has 1 radical (unpaired) electrons. The molecular formula is C19H30N. The smallest absolute Gasteiger partial charge is 0.0106 e. The third kappa shape index (κ3) is 1.91. The fourth-order valence-corrected chi connectivity index (χ4v) is 7.09. The second kappa shape index (κ2) is 4.73. The van der Waals surface area contributed by atoms with Crippen LogP contribution >= 0.6 is 0 Å². The van der Waals surface area contributed by atoms with Gasteiger partial charge in [0.2, 0.25) is 0 Å². The second-order valence-corrected chi connectivity index (χ2v) is 8.79. The zero-order chi connectivity index (χ0) is 13.1. The minimum atomic E-state index is 0.870. The van der Waals surface area contributed by atoms with E-state index in [0.717, 1.165) is 41.7 Å². The van der Waals surface area contributed by atoms with Crippen molar-refractivity contribution in [1.29, 1.82) is 0 Å². The number of rotatable bonds is 1. The largest absolute Gasteiger partial charge is 0.311 e. The number of hydrogen-bond donors (Lipinski definition) is 1. The van der Waals surface area contributed by atoms with E-state index in [9.17, 15) is 0 Å². The summed E-state index contributed by atoms with van der Waals surface area (Å²) in [6, 6.07) is 1.76. The minimum absolute atomic E-state index is 0.870. The van der Waals surface area contributed by atoms with Crippen molar-refractivity contribution in [3.63, 3.8) is 0 Å². The fourth-order valence-electron chi connectivity index (χ4n) is 7.09. The van der Waals surface area contributed by atoms with Crippen molar-refractivity contribution in [3.05, 3.63) is 5.92 Å². The monoisotopic (exact) mass is 272 g/mol. The molecule has 0 amide bonds. The van der Waals surface area contributed by atoms with Gasteiger partial charge in [-0.15, -0.1) is 0 Å². The van der Waals surface area contributed by atoms with E-state index in [1.165, 1.54) is 51.4 Å². The number of fused-ring (bicyclic) bond motifs is 1. The van der Waals surface area contributed by atoms with Gasteiger partial charge in [-0.05, 0) is 93.3 Å². The highest BCUT2D eigenvalue weighted by molar-refractivity contribution is 5.16. The molecule has 1 aliphatic heterocycles. The van der Waals surface area contributed by atoms with Gasteiger partial charge in [-0.1, -0.05) is 12.8 Å². The minimum Gasteiger partial charge on any atom is -0.311 e. The molecule has 6 aliphatic rings. The Morgan fingerprint density at radius 1 is 0.700 bits per heavy atom. The Balaban J connectivity index is 1.33. The van der Waals surface area contributed by atoms with Gasteiger partial charge in [-0.3, -0.25) is 0 Å². The lowest BCUT2D eigenvalue weighted by molar-refractivity contribution is 0.00889. The Bertz CT molecular complexity index is 348. The first-order chi connectivity index (χ1) is 9.87. The third-order valence-corrected chi connectivity index (χ3v) is 7.64. The van der Waals surface area contributed by atoms with E-state index in [1.54, 1.807) is 19.3 Å². The van der Waals surface area contributed by atoms with Crippen molar-refractivity contribution in [1.82, 2.24) is 5.32 Å². The molecule has 5 saturated carbocycles. The summed E-state index contributed by atoms with van der Waals surface area (Å²) in [6.07, 6.45) is 16.8. The van der Waals surface area contributed by atoms with Gasteiger partial charge in [0.1, 0.15) is 0 Å². The fraction of sp³-hybridized carbons (Fsp3) is 0.947. The zero-order valence-corrected chi connectivity index (χ0v) is 12.8. The van der Waals surface area contributed by atoms with Crippen LogP contribution in [0.4, 0.5) is 0 Å². The summed E-state index contributed by atoms with van der Waals surface area (Å²) in [5, 5.41) is 4.16. The van der Waals surface area contributed by atoms with Crippen molar-refractivity contribution in [2.24, 2.45) is 29.6 Å². The van der Waals surface area contributed by atoms with Crippen molar-refractivity contribution in [2.45, 2.75) is 82.7 Å². The van der Waals surface area contributed by atoms with E-state index < -0.39 is 0 Å². The second-order valence-electron chi connectivity index (χ2n) is 8.79. The Hall–Kier alpha value is -0.0400. The van der Waals surface area contributed by atoms with Gasteiger partial charge in [0, 0.05) is 12.1 Å². The predicted molar refractivity (Wildman–Crippen MR) is 82.2 cm³/mol. The van der Waals surface area contributed by atoms with Gasteiger partial charge in [-0.25, -0.2) is 0 Å². The molecule has 6 rings (SSSR count). The summed E-state index contributed by atoms with van der Waals surface area (Å²) in [7, 11) is 0. The Kier molecular flexibility index (Phi) is 2.96. The van der Waals surface area contributed by atoms with Crippen LogP contribution in [0.5, 0.6) is 0 Å². The standard InChI is InChI=1S/C19H30N/c1-2-4-17-14(3-1)5-6-18(20-17)19-15-8-12-7-13(10-15)11-16(19)9-12/h12-15,17-20H,1-11H2. The highest BCUT2D eigenvalue weighted by atomic mass is 15.0. The summed E-state index contributed by atoms with van der Waals surface area (Å²) in [5.41, 5.74) is 0. The Morgan fingerprint density at radius 3 is 2.30 bits per heavy atom. The predicted octanol–water partition coefficient (Wildman–Crippen LogP) is 4.33. The first-order valence-corrected chi connectivity index (χ1v) is 9.47. The van der Waals surface area contributed by atoms with Crippen LogP contribution in [0.15, 0.2) is 0 Å². The maximum absolute atomic E-state index is 4.16. The lowest BCUT2D eigenvalue weighted by Gasteiger charge is -2.57. The summed E-state index contributed by atoms with van der Waals surface area (Å²) >= 11 is 0. The molecule has 6 fully saturated rings.